The molecule has 3 amide bonds. The standard InChI is InChI=1S/C25H28N2O9S/c1-31-16-9-14(10-17(32-2)21(16)35-5)11-20-24(29)27(25(30)37-20)8-7-26-23(28)15-12-18(33-3)22(36-6)19(13-15)34-4/h9-13H,7-8H2,1-6H3,(H,26,28). The lowest BCUT2D eigenvalue weighted by atomic mass is 10.1. The zero-order chi connectivity index (χ0) is 27.1. The summed E-state index contributed by atoms with van der Waals surface area (Å²) in [6, 6.07) is 6.37. The van der Waals surface area contributed by atoms with Gasteiger partial charge in [0.15, 0.2) is 23.0 Å². The van der Waals surface area contributed by atoms with Crippen molar-refractivity contribution in [1.82, 2.24) is 10.2 Å². The summed E-state index contributed by atoms with van der Waals surface area (Å²) >= 11 is 0.809. The summed E-state index contributed by atoms with van der Waals surface area (Å²) in [5, 5.41) is 2.26. The minimum Gasteiger partial charge on any atom is -0.493 e. The molecule has 1 N–H and O–H groups in total. The summed E-state index contributed by atoms with van der Waals surface area (Å²) in [4.78, 5) is 39.4. The Hall–Kier alpha value is -4.06. The fraction of sp³-hybridized carbons (Fsp3) is 0.320. The number of amides is 3. The van der Waals surface area contributed by atoms with Gasteiger partial charge in [-0.3, -0.25) is 19.3 Å². The fourth-order valence-electron chi connectivity index (χ4n) is 3.62. The Morgan fingerprint density at radius 3 is 1.76 bits per heavy atom. The predicted molar refractivity (Wildman–Crippen MR) is 137 cm³/mol. The normalized spacial score (nSPS) is 14.0. The van der Waals surface area contributed by atoms with E-state index in [1.165, 1.54) is 54.8 Å². The van der Waals surface area contributed by atoms with E-state index in [2.05, 4.69) is 5.32 Å². The maximum absolute atomic E-state index is 12.9. The van der Waals surface area contributed by atoms with Crippen molar-refractivity contribution in [2.45, 2.75) is 0 Å². The average Bonchev–Trinajstić information content (AvgIpc) is 3.18. The van der Waals surface area contributed by atoms with Gasteiger partial charge in [0.1, 0.15) is 0 Å². The quantitative estimate of drug-likeness (QED) is 0.432. The maximum Gasteiger partial charge on any atom is 0.293 e. The van der Waals surface area contributed by atoms with Crippen molar-refractivity contribution < 1.29 is 42.8 Å². The predicted octanol–water partition coefficient (Wildman–Crippen LogP) is 3.20. The zero-order valence-corrected chi connectivity index (χ0v) is 22.1. The minimum absolute atomic E-state index is 0.00652. The van der Waals surface area contributed by atoms with Crippen molar-refractivity contribution in [2.75, 3.05) is 55.7 Å². The zero-order valence-electron chi connectivity index (χ0n) is 21.3. The van der Waals surface area contributed by atoms with Crippen molar-refractivity contribution in [3.8, 4) is 34.5 Å². The lowest BCUT2D eigenvalue weighted by molar-refractivity contribution is -0.122. The highest BCUT2D eigenvalue weighted by atomic mass is 32.2. The molecule has 0 unspecified atom stereocenters. The number of hydrogen-bond acceptors (Lipinski definition) is 10. The summed E-state index contributed by atoms with van der Waals surface area (Å²) in [6.45, 7) is 0.0401. The first kappa shape index (κ1) is 27.5. The van der Waals surface area contributed by atoms with E-state index in [0.717, 1.165) is 16.7 Å². The van der Waals surface area contributed by atoms with Gasteiger partial charge in [0, 0.05) is 18.7 Å². The molecule has 0 aromatic heterocycles. The van der Waals surface area contributed by atoms with E-state index in [9.17, 15) is 14.4 Å². The number of hydrogen-bond donors (Lipinski definition) is 1. The van der Waals surface area contributed by atoms with Crippen molar-refractivity contribution in [3.05, 3.63) is 40.3 Å². The first-order chi connectivity index (χ1) is 17.8. The highest BCUT2D eigenvalue weighted by Crippen LogP contribution is 2.40. The number of imide groups is 1. The molecule has 1 saturated heterocycles. The second-order valence-corrected chi connectivity index (χ2v) is 8.46. The van der Waals surface area contributed by atoms with Crippen LogP contribution < -0.4 is 33.7 Å². The van der Waals surface area contributed by atoms with Gasteiger partial charge >= 0.3 is 0 Å². The number of benzene rings is 2. The molecule has 3 rings (SSSR count). The van der Waals surface area contributed by atoms with Gasteiger partial charge in [0.05, 0.1) is 47.6 Å². The Labute approximate surface area is 218 Å². The Morgan fingerprint density at radius 1 is 0.811 bits per heavy atom. The van der Waals surface area contributed by atoms with Gasteiger partial charge in [-0.25, -0.2) is 0 Å². The smallest absolute Gasteiger partial charge is 0.293 e. The molecule has 1 aliphatic rings. The third kappa shape index (κ3) is 5.85. The van der Waals surface area contributed by atoms with Crippen molar-refractivity contribution in [2.24, 2.45) is 0 Å². The molecular formula is C25H28N2O9S. The number of thioether (sulfide) groups is 1. The molecule has 12 heteroatoms. The number of nitrogens with zero attached hydrogens (tertiary/aromatic N) is 1. The lowest BCUT2D eigenvalue weighted by Gasteiger charge is -2.15. The van der Waals surface area contributed by atoms with Crippen LogP contribution in [0.2, 0.25) is 0 Å². The van der Waals surface area contributed by atoms with Crippen molar-refractivity contribution >= 4 is 34.9 Å². The van der Waals surface area contributed by atoms with Gasteiger partial charge in [-0.2, -0.15) is 0 Å². The topological polar surface area (TPSA) is 122 Å². The molecule has 198 valence electrons. The molecule has 2 aromatic carbocycles. The van der Waals surface area contributed by atoms with Gasteiger partial charge in [-0.05, 0) is 47.7 Å². The molecule has 2 aromatic rings. The third-order valence-corrected chi connectivity index (χ3v) is 6.31. The van der Waals surface area contributed by atoms with Gasteiger partial charge in [-0.15, -0.1) is 0 Å². The van der Waals surface area contributed by atoms with Crippen LogP contribution in [0.15, 0.2) is 29.2 Å². The minimum atomic E-state index is -0.467. The molecule has 0 radical (unpaired) electrons. The first-order valence-electron chi connectivity index (χ1n) is 10.9. The molecule has 0 atom stereocenters. The molecule has 37 heavy (non-hydrogen) atoms. The van der Waals surface area contributed by atoms with E-state index in [4.69, 9.17) is 28.4 Å². The summed E-state index contributed by atoms with van der Waals surface area (Å²) in [5.74, 6) is 1.37. The van der Waals surface area contributed by atoms with Gasteiger partial charge in [0.2, 0.25) is 11.5 Å². The van der Waals surface area contributed by atoms with Crippen LogP contribution in [-0.4, -0.2) is 77.7 Å². The van der Waals surface area contributed by atoms with E-state index >= 15 is 0 Å². The number of rotatable bonds is 11. The van der Waals surface area contributed by atoms with E-state index < -0.39 is 17.1 Å². The number of methoxy groups -OCH3 is 6. The SMILES string of the molecule is COc1cc(C=C2SC(=O)N(CCNC(=O)c3cc(OC)c(OC)c(OC)c3)C2=O)cc(OC)c1OC. The molecule has 1 heterocycles. The monoisotopic (exact) mass is 532 g/mol. The van der Waals surface area contributed by atoms with Crippen molar-refractivity contribution in [1.29, 1.82) is 0 Å². The van der Waals surface area contributed by atoms with Gasteiger partial charge in [0.25, 0.3) is 17.1 Å². The second-order valence-electron chi connectivity index (χ2n) is 7.46. The Kier molecular flexibility index (Phi) is 9.12. The number of nitrogens with one attached hydrogen (secondary N) is 1. The van der Waals surface area contributed by atoms with E-state index in [-0.39, 0.29) is 23.6 Å². The third-order valence-electron chi connectivity index (χ3n) is 5.41. The molecule has 11 nitrogen and oxygen atoms in total. The van der Waals surface area contributed by atoms with Crippen LogP contribution in [-0.2, 0) is 4.79 Å². The summed E-state index contributed by atoms with van der Waals surface area (Å²) in [5.41, 5.74) is 0.863. The van der Waals surface area contributed by atoms with Crippen LogP contribution in [0.1, 0.15) is 15.9 Å². The van der Waals surface area contributed by atoms with Crippen LogP contribution >= 0.6 is 11.8 Å². The second kappa shape index (κ2) is 12.3. The average molecular weight is 533 g/mol. The van der Waals surface area contributed by atoms with Crippen LogP contribution in [0.25, 0.3) is 6.08 Å². The summed E-state index contributed by atoms with van der Waals surface area (Å²) < 4.78 is 31.8. The van der Waals surface area contributed by atoms with Crippen molar-refractivity contribution in [3.63, 3.8) is 0 Å². The number of carbonyl (C=O) groups is 3. The highest BCUT2D eigenvalue weighted by molar-refractivity contribution is 8.18. The Bertz CT molecular complexity index is 1180. The Balaban J connectivity index is 1.70. The first-order valence-corrected chi connectivity index (χ1v) is 11.8. The largest absolute Gasteiger partial charge is 0.493 e. The summed E-state index contributed by atoms with van der Waals surface area (Å²) in [6.07, 6.45) is 1.57. The van der Waals surface area contributed by atoms with Crippen LogP contribution in [0.5, 0.6) is 34.5 Å². The molecular weight excluding hydrogens is 504 g/mol. The molecule has 1 fully saturated rings. The van der Waals surface area contributed by atoms with Crippen LogP contribution in [0, 0.1) is 0 Å². The van der Waals surface area contributed by atoms with Gasteiger partial charge in [-0.1, -0.05) is 0 Å². The van der Waals surface area contributed by atoms with E-state index in [1.807, 2.05) is 0 Å². The molecule has 0 saturated carbocycles. The number of ether oxygens (including phenoxy) is 6. The Morgan fingerprint density at radius 2 is 1.30 bits per heavy atom. The fourth-order valence-corrected chi connectivity index (χ4v) is 4.49. The lowest BCUT2D eigenvalue weighted by Crippen LogP contribution is -2.37. The van der Waals surface area contributed by atoms with E-state index in [0.29, 0.717) is 40.1 Å². The van der Waals surface area contributed by atoms with Crippen LogP contribution in [0.3, 0.4) is 0 Å². The molecule has 0 bridgehead atoms. The van der Waals surface area contributed by atoms with E-state index in [1.54, 1.807) is 18.2 Å². The number of carbonyl (C=O) groups excluding carboxylic acids is 3. The molecule has 0 spiro atoms. The van der Waals surface area contributed by atoms with Crippen LogP contribution in [0.4, 0.5) is 4.79 Å². The highest BCUT2D eigenvalue weighted by Gasteiger charge is 2.35. The van der Waals surface area contributed by atoms with Gasteiger partial charge < -0.3 is 33.7 Å². The maximum atomic E-state index is 12.9. The molecule has 1 aliphatic heterocycles. The molecule has 0 aliphatic carbocycles. The summed E-state index contributed by atoms with van der Waals surface area (Å²) in [7, 11) is 8.83.